The van der Waals surface area contributed by atoms with E-state index in [4.69, 9.17) is 10.2 Å². The summed E-state index contributed by atoms with van der Waals surface area (Å²) in [7, 11) is 0. The zero-order valence-corrected chi connectivity index (χ0v) is 14.8. The minimum atomic E-state index is -0.488. The summed E-state index contributed by atoms with van der Waals surface area (Å²) >= 11 is 0. The Bertz CT molecular complexity index is 985. The van der Waals surface area contributed by atoms with Crippen molar-refractivity contribution in [3.63, 3.8) is 0 Å². The molecule has 4 nitrogen and oxygen atoms in total. The first kappa shape index (κ1) is 16.7. The summed E-state index contributed by atoms with van der Waals surface area (Å²) in [5.41, 5.74) is 3.81. The van der Waals surface area contributed by atoms with E-state index in [1.54, 1.807) is 12.1 Å². The number of benzene rings is 1. The number of fused-ring (bicyclic) bond motifs is 1. The molecule has 4 rings (SSSR count). The van der Waals surface area contributed by atoms with Gasteiger partial charge in [0.1, 0.15) is 17.5 Å². The van der Waals surface area contributed by atoms with Crippen molar-refractivity contribution in [2.45, 2.75) is 32.2 Å². The van der Waals surface area contributed by atoms with Gasteiger partial charge in [0.2, 0.25) is 0 Å². The number of aromatic nitrogens is 2. The third kappa shape index (κ3) is 3.21. The number of halogens is 1. The van der Waals surface area contributed by atoms with Crippen molar-refractivity contribution in [2.75, 3.05) is 13.1 Å². The number of nitrogens with zero attached hydrogens (tertiary/aromatic N) is 4. The maximum atomic E-state index is 13.5. The Morgan fingerprint density at radius 3 is 2.85 bits per heavy atom. The molecule has 0 amide bonds. The van der Waals surface area contributed by atoms with Crippen LogP contribution < -0.4 is 0 Å². The SMILES string of the molecule is C[C@@H]1CCCN1CCc1cn2cc(-c3ccc(F)c(C#N)c3)ccc2n1. The normalized spacial score (nSPS) is 17.7. The minimum absolute atomic E-state index is 0.0636. The molecule has 1 atom stereocenters. The van der Waals surface area contributed by atoms with Gasteiger partial charge in [0.05, 0.1) is 11.3 Å². The van der Waals surface area contributed by atoms with Crippen LogP contribution in [0.15, 0.2) is 42.7 Å². The summed E-state index contributed by atoms with van der Waals surface area (Å²) in [5.74, 6) is -0.488. The zero-order valence-electron chi connectivity index (χ0n) is 14.8. The number of pyridine rings is 1. The van der Waals surface area contributed by atoms with Crippen LogP contribution in [0.2, 0.25) is 0 Å². The highest BCUT2D eigenvalue weighted by Crippen LogP contribution is 2.23. The lowest BCUT2D eigenvalue weighted by Crippen LogP contribution is -2.29. The van der Waals surface area contributed by atoms with E-state index >= 15 is 0 Å². The second kappa shape index (κ2) is 6.89. The predicted molar refractivity (Wildman–Crippen MR) is 99.3 cm³/mol. The maximum Gasteiger partial charge on any atom is 0.140 e. The fourth-order valence-electron chi connectivity index (χ4n) is 3.71. The van der Waals surface area contributed by atoms with E-state index in [0.717, 1.165) is 35.4 Å². The van der Waals surface area contributed by atoms with E-state index in [9.17, 15) is 4.39 Å². The quantitative estimate of drug-likeness (QED) is 0.715. The highest BCUT2D eigenvalue weighted by Gasteiger charge is 2.19. The molecule has 2 aromatic heterocycles. The van der Waals surface area contributed by atoms with Crippen LogP contribution in [0.25, 0.3) is 16.8 Å². The molecule has 0 N–H and O–H groups in total. The highest BCUT2D eigenvalue weighted by molar-refractivity contribution is 5.66. The molecule has 1 saturated heterocycles. The Hall–Kier alpha value is -2.71. The van der Waals surface area contributed by atoms with Crippen LogP contribution in [-0.4, -0.2) is 33.4 Å². The second-order valence-electron chi connectivity index (χ2n) is 7.00. The number of hydrogen-bond acceptors (Lipinski definition) is 3. The minimum Gasteiger partial charge on any atom is -0.306 e. The van der Waals surface area contributed by atoms with Gasteiger partial charge in [0.15, 0.2) is 0 Å². The Morgan fingerprint density at radius 1 is 1.23 bits per heavy atom. The van der Waals surface area contributed by atoms with E-state index in [1.165, 1.54) is 25.5 Å². The Labute approximate surface area is 152 Å². The second-order valence-corrected chi connectivity index (χ2v) is 7.00. The van der Waals surface area contributed by atoms with Crippen molar-refractivity contribution in [1.29, 1.82) is 5.26 Å². The highest BCUT2D eigenvalue weighted by atomic mass is 19.1. The van der Waals surface area contributed by atoms with Crippen LogP contribution in [0.3, 0.4) is 0 Å². The number of rotatable bonds is 4. The average molecular weight is 348 g/mol. The maximum absolute atomic E-state index is 13.5. The Balaban J connectivity index is 1.57. The number of imidazole rings is 1. The first-order chi connectivity index (χ1) is 12.6. The third-order valence-electron chi connectivity index (χ3n) is 5.27. The molecule has 132 valence electrons. The van der Waals surface area contributed by atoms with E-state index in [-0.39, 0.29) is 5.56 Å². The van der Waals surface area contributed by atoms with Crippen molar-refractivity contribution in [3.05, 3.63) is 59.8 Å². The third-order valence-corrected chi connectivity index (χ3v) is 5.27. The summed E-state index contributed by atoms with van der Waals surface area (Å²) in [6, 6.07) is 11.1. The van der Waals surface area contributed by atoms with Crippen molar-refractivity contribution in [2.24, 2.45) is 0 Å². The van der Waals surface area contributed by atoms with E-state index in [1.807, 2.05) is 28.8 Å². The molecule has 0 unspecified atom stereocenters. The lowest BCUT2D eigenvalue weighted by Gasteiger charge is -2.19. The van der Waals surface area contributed by atoms with Gasteiger partial charge in [-0.25, -0.2) is 9.37 Å². The molecule has 5 heteroatoms. The van der Waals surface area contributed by atoms with Gasteiger partial charge >= 0.3 is 0 Å². The van der Waals surface area contributed by atoms with Crippen LogP contribution in [-0.2, 0) is 6.42 Å². The lowest BCUT2D eigenvalue weighted by molar-refractivity contribution is 0.271. The van der Waals surface area contributed by atoms with E-state index < -0.39 is 5.82 Å². The smallest absolute Gasteiger partial charge is 0.140 e. The molecule has 1 fully saturated rings. The lowest BCUT2D eigenvalue weighted by atomic mass is 10.0. The molecule has 0 spiro atoms. The fraction of sp³-hybridized carbons (Fsp3) is 0.333. The van der Waals surface area contributed by atoms with Crippen molar-refractivity contribution >= 4 is 5.65 Å². The first-order valence-corrected chi connectivity index (χ1v) is 9.06. The molecule has 0 saturated carbocycles. The van der Waals surface area contributed by atoms with Crippen LogP contribution in [0.5, 0.6) is 0 Å². The van der Waals surface area contributed by atoms with Crippen LogP contribution >= 0.6 is 0 Å². The van der Waals surface area contributed by atoms with Crippen molar-refractivity contribution in [1.82, 2.24) is 14.3 Å². The molecule has 0 radical (unpaired) electrons. The van der Waals surface area contributed by atoms with Crippen LogP contribution in [0.4, 0.5) is 4.39 Å². The average Bonchev–Trinajstić information content (AvgIpc) is 3.25. The van der Waals surface area contributed by atoms with Gasteiger partial charge in [-0.05, 0) is 61.7 Å². The zero-order chi connectivity index (χ0) is 18.1. The molecule has 1 aromatic carbocycles. The number of hydrogen-bond donors (Lipinski definition) is 0. The molecule has 3 heterocycles. The van der Waals surface area contributed by atoms with Gasteiger partial charge in [-0.15, -0.1) is 0 Å². The molecular formula is C21H21FN4. The predicted octanol–water partition coefficient (Wildman–Crippen LogP) is 4.04. The number of nitriles is 1. The molecule has 1 aliphatic rings. The summed E-state index contributed by atoms with van der Waals surface area (Å²) < 4.78 is 15.5. The molecule has 1 aliphatic heterocycles. The van der Waals surface area contributed by atoms with Crippen molar-refractivity contribution in [3.8, 4) is 17.2 Å². The first-order valence-electron chi connectivity index (χ1n) is 9.06. The van der Waals surface area contributed by atoms with Gasteiger partial charge in [-0.1, -0.05) is 6.07 Å². The summed E-state index contributed by atoms with van der Waals surface area (Å²) in [6.07, 6.45) is 7.57. The topological polar surface area (TPSA) is 44.3 Å². The Morgan fingerprint density at radius 2 is 2.08 bits per heavy atom. The standard InChI is InChI=1S/C21H21FN4/c1-15-3-2-9-25(15)10-8-19-14-26-13-17(5-7-21(26)24-19)16-4-6-20(22)18(11-16)12-23/h4-7,11,13-15H,2-3,8-10H2,1H3/t15-/m1/s1. The molecule has 26 heavy (non-hydrogen) atoms. The molecular weight excluding hydrogens is 327 g/mol. The molecule has 3 aromatic rings. The molecule has 0 aliphatic carbocycles. The van der Waals surface area contributed by atoms with Gasteiger partial charge in [0, 0.05) is 31.4 Å². The molecule has 0 bridgehead atoms. The van der Waals surface area contributed by atoms with Crippen molar-refractivity contribution < 1.29 is 4.39 Å². The number of likely N-dealkylation sites (tertiary alicyclic amines) is 1. The Kier molecular flexibility index (Phi) is 4.44. The van der Waals surface area contributed by atoms with E-state index in [2.05, 4.69) is 18.0 Å². The summed E-state index contributed by atoms with van der Waals surface area (Å²) in [6.45, 7) is 4.52. The fourth-order valence-corrected chi connectivity index (χ4v) is 3.71. The van der Waals surface area contributed by atoms with Crippen LogP contribution in [0, 0.1) is 17.1 Å². The van der Waals surface area contributed by atoms with E-state index in [0.29, 0.717) is 6.04 Å². The van der Waals surface area contributed by atoms with Crippen LogP contribution in [0.1, 0.15) is 31.0 Å². The summed E-state index contributed by atoms with van der Waals surface area (Å²) in [5, 5.41) is 9.02. The summed E-state index contributed by atoms with van der Waals surface area (Å²) in [4.78, 5) is 7.23. The van der Waals surface area contributed by atoms with Gasteiger partial charge in [-0.2, -0.15) is 5.26 Å². The largest absolute Gasteiger partial charge is 0.306 e. The monoisotopic (exact) mass is 348 g/mol. The van der Waals surface area contributed by atoms with Gasteiger partial charge in [0.25, 0.3) is 0 Å². The van der Waals surface area contributed by atoms with Gasteiger partial charge in [-0.3, -0.25) is 0 Å². The van der Waals surface area contributed by atoms with Gasteiger partial charge < -0.3 is 9.30 Å².